The second-order valence-corrected chi connectivity index (χ2v) is 7.00. The molecule has 128 valence electrons. The van der Waals surface area contributed by atoms with Crippen LogP contribution in [0.15, 0.2) is 24.3 Å². The molecule has 1 saturated carbocycles. The number of halogens is 1. The van der Waals surface area contributed by atoms with Gasteiger partial charge in [0, 0.05) is 5.39 Å². The molecular weight excluding hydrogens is 326 g/mol. The molecule has 0 atom stereocenters. The fraction of sp³-hybridized carbons (Fsp3) is 0.474. The van der Waals surface area contributed by atoms with Gasteiger partial charge in [-0.25, -0.2) is 9.78 Å². The van der Waals surface area contributed by atoms with Gasteiger partial charge < -0.3 is 9.47 Å². The molecule has 1 aliphatic rings. The lowest BCUT2D eigenvalue weighted by molar-refractivity contribution is 0.0601. The number of carbonyl (C=O) groups excluding carboxylic acids is 1. The Morgan fingerprint density at radius 1 is 1.25 bits per heavy atom. The van der Waals surface area contributed by atoms with Crippen molar-refractivity contribution in [3.8, 4) is 5.88 Å². The van der Waals surface area contributed by atoms with E-state index in [2.05, 4.69) is 11.9 Å². The van der Waals surface area contributed by atoms with E-state index in [0.29, 0.717) is 29.1 Å². The van der Waals surface area contributed by atoms with E-state index in [1.165, 1.54) is 32.8 Å². The van der Waals surface area contributed by atoms with Gasteiger partial charge in [-0.3, -0.25) is 0 Å². The molecule has 1 heterocycles. The Hall–Kier alpha value is -1.81. The van der Waals surface area contributed by atoms with Crippen LogP contribution >= 0.6 is 11.6 Å². The number of hydrogen-bond donors (Lipinski definition) is 0. The highest BCUT2D eigenvalue weighted by Gasteiger charge is 2.19. The minimum atomic E-state index is -0.372. The van der Waals surface area contributed by atoms with Crippen LogP contribution in [0.2, 0.25) is 5.15 Å². The molecule has 0 amide bonds. The zero-order valence-corrected chi connectivity index (χ0v) is 14.8. The van der Waals surface area contributed by atoms with E-state index in [-0.39, 0.29) is 5.97 Å². The summed E-state index contributed by atoms with van der Waals surface area (Å²) in [4.78, 5) is 16.0. The smallest absolute Gasteiger partial charge is 0.337 e. The summed E-state index contributed by atoms with van der Waals surface area (Å²) in [5.41, 5.74) is 0.486. The lowest BCUT2D eigenvalue weighted by atomic mass is 9.83. The van der Waals surface area contributed by atoms with Crippen LogP contribution in [0.4, 0.5) is 0 Å². The molecule has 24 heavy (non-hydrogen) atoms. The number of methoxy groups -OCH3 is 1. The van der Waals surface area contributed by atoms with Crippen LogP contribution in [0.1, 0.15) is 43.0 Å². The SMILES string of the molecule is COC(=O)c1ccc2c(OCC3CCC(C)CC3)nc(Cl)cc2c1. The third-order valence-corrected chi connectivity index (χ3v) is 4.97. The fourth-order valence-electron chi connectivity index (χ4n) is 3.24. The molecule has 1 aliphatic carbocycles. The molecule has 4 nitrogen and oxygen atoms in total. The van der Waals surface area contributed by atoms with Crippen LogP contribution in [0.25, 0.3) is 10.8 Å². The van der Waals surface area contributed by atoms with Gasteiger partial charge in [0.05, 0.1) is 19.3 Å². The van der Waals surface area contributed by atoms with Crippen molar-refractivity contribution in [1.29, 1.82) is 0 Å². The predicted molar refractivity (Wildman–Crippen MR) is 94.7 cm³/mol. The minimum Gasteiger partial charge on any atom is -0.477 e. The van der Waals surface area contributed by atoms with Crippen molar-refractivity contribution in [2.75, 3.05) is 13.7 Å². The lowest BCUT2D eigenvalue weighted by Gasteiger charge is -2.26. The van der Waals surface area contributed by atoms with Gasteiger partial charge >= 0.3 is 5.97 Å². The number of pyridine rings is 1. The quantitative estimate of drug-likeness (QED) is 0.584. The average Bonchev–Trinajstić information content (AvgIpc) is 2.59. The predicted octanol–water partition coefficient (Wildman–Crippen LogP) is 4.88. The van der Waals surface area contributed by atoms with E-state index in [9.17, 15) is 4.79 Å². The van der Waals surface area contributed by atoms with Crippen LogP contribution in [-0.2, 0) is 4.74 Å². The number of esters is 1. The van der Waals surface area contributed by atoms with Crippen molar-refractivity contribution in [2.24, 2.45) is 11.8 Å². The molecule has 0 radical (unpaired) electrons. The molecule has 2 aromatic rings. The van der Waals surface area contributed by atoms with Gasteiger partial charge in [-0.05, 0) is 54.3 Å². The number of nitrogens with zero attached hydrogens (tertiary/aromatic N) is 1. The zero-order valence-electron chi connectivity index (χ0n) is 14.0. The van der Waals surface area contributed by atoms with E-state index >= 15 is 0 Å². The van der Waals surface area contributed by atoms with Crippen molar-refractivity contribution >= 4 is 28.3 Å². The monoisotopic (exact) mass is 347 g/mol. The van der Waals surface area contributed by atoms with Crippen LogP contribution in [-0.4, -0.2) is 24.7 Å². The van der Waals surface area contributed by atoms with Crippen LogP contribution in [0.5, 0.6) is 5.88 Å². The molecule has 0 unspecified atom stereocenters. The number of benzene rings is 1. The van der Waals surface area contributed by atoms with Gasteiger partial charge in [0.2, 0.25) is 5.88 Å². The first-order valence-electron chi connectivity index (χ1n) is 8.38. The van der Waals surface area contributed by atoms with Gasteiger partial charge in [-0.15, -0.1) is 0 Å². The molecule has 1 fully saturated rings. The summed E-state index contributed by atoms with van der Waals surface area (Å²) in [5.74, 6) is 1.56. The Morgan fingerprint density at radius 3 is 2.71 bits per heavy atom. The maximum atomic E-state index is 11.7. The first kappa shape index (κ1) is 17.0. The molecular formula is C19H22ClNO3. The molecule has 3 rings (SSSR count). The third-order valence-electron chi connectivity index (χ3n) is 4.78. The molecule has 1 aromatic heterocycles. The number of carbonyl (C=O) groups is 1. The van der Waals surface area contributed by atoms with E-state index in [4.69, 9.17) is 21.1 Å². The summed E-state index contributed by atoms with van der Waals surface area (Å²) in [6.07, 6.45) is 4.93. The van der Waals surface area contributed by atoms with Gasteiger partial charge in [0.15, 0.2) is 0 Å². The summed E-state index contributed by atoms with van der Waals surface area (Å²) in [6.45, 7) is 2.97. The summed E-state index contributed by atoms with van der Waals surface area (Å²) in [6, 6.07) is 7.05. The van der Waals surface area contributed by atoms with E-state index < -0.39 is 0 Å². The van der Waals surface area contributed by atoms with Crippen LogP contribution in [0.3, 0.4) is 0 Å². The molecule has 0 saturated heterocycles. The van der Waals surface area contributed by atoms with Crippen molar-refractivity contribution in [3.63, 3.8) is 0 Å². The Kier molecular flexibility index (Phi) is 5.24. The largest absolute Gasteiger partial charge is 0.477 e. The summed E-state index contributed by atoms with van der Waals surface area (Å²) >= 11 is 6.12. The maximum absolute atomic E-state index is 11.7. The summed E-state index contributed by atoms with van der Waals surface area (Å²) in [7, 11) is 1.37. The molecule has 5 heteroatoms. The zero-order chi connectivity index (χ0) is 17.1. The van der Waals surface area contributed by atoms with Crippen molar-refractivity contribution < 1.29 is 14.3 Å². The lowest BCUT2D eigenvalue weighted by Crippen LogP contribution is -2.19. The normalized spacial score (nSPS) is 20.8. The second-order valence-electron chi connectivity index (χ2n) is 6.61. The highest BCUT2D eigenvalue weighted by atomic mass is 35.5. The van der Waals surface area contributed by atoms with Gasteiger partial charge in [-0.2, -0.15) is 0 Å². The van der Waals surface area contributed by atoms with Gasteiger partial charge in [0.25, 0.3) is 0 Å². The maximum Gasteiger partial charge on any atom is 0.337 e. The topological polar surface area (TPSA) is 48.4 Å². The fourth-order valence-corrected chi connectivity index (χ4v) is 3.44. The Balaban J connectivity index is 1.81. The highest BCUT2D eigenvalue weighted by Crippen LogP contribution is 2.31. The standard InChI is InChI=1S/C19H22ClNO3/c1-12-3-5-13(6-4-12)11-24-18-16-8-7-14(19(22)23-2)9-15(16)10-17(20)21-18/h7-10,12-13H,3-6,11H2,1-2H3. The number of rotatable bonds is 4. The van der Waals surface area contributed by atoms with E-state index in [1.54, 1.807) is 18.2 Å². The first-order valence-corrected chi connectivity index (χ1v) is 8.76. The molecule has 0 bridgehead atoms. The van der Waals surface area contributed by atoms with Crippen molar-refractivity contribution in [2.45, 2.75) is 32.6 Å². The summed E-state index contributed by atoms with van der Waals surface area (Å²) in [5, 5.41) is 2.04. The van der Waals surface area contributed by atoms with Crippen molar-refractivity contribution in [1.82, 2.24) is 4.98 Å². The average molecular weight is 348 g/mol. The third kappa shape index (κ3) is 3.81. The Bertz CT molecular complexity index is 739. The van der Waals surface area contributed by atoms with E-state index in [0.717, 1.165) is 16.7 Å². The molecule has 1 aromatic carbocycles. The number of ether oxygens (including phenoxy) is 2. The number of hydrogen-bond acceptors (Lipinski definition) is 4. The van der Waals surface area contributed by atoms with Crippen LogP contribution < -0.4 is 4.74 Å². The van der Waals surface area contributed by atoms with E-state index in [1.807, 2.05) is 6.07 Å². The highest BCUT2D eigenvalue weighted by molar-refractivity contribution is 6.30. The molecule has 0 spiro atoms. The Morgan fingerprint density at radius 2 is 2.00 bits per heavy atom. The second kappa shape index (κ2) is 7.39. The molecule has 0 N–H and O–H groups in total. The summed E-state index contributed by atoms with van der Waals surface area (Å²) < 4.78 is 10.8. The van der Waals surface area contributed by atoms with Crippen LogP contribution in [0, 0.1) is 11.8 Å². The number of fused-ring (bicyclic) bond motifs is 1. The molecule has 0 aliphatic heterocycles. The van der Waals surface area contributed by atoms with Gasteiger partial charge in [0.1, 0.15) is 5.15 Å². The van der Waals surface area contributed by atoms with Crippen molar-refractivity contribution in [3.05, 3.63) is 35.0 Å². The number of aromatic nitrogens is 1. The minimum absolute atomic E-state index is 0.358. The van der Waals surface area contributed by atoms with Gasteiger partial charge in [-0.1, -0.05) is 31.4 Å². The Labute approximate surface area is 147 Å². The first-order chi connectivity index (χ1) is 11.6.